The lowest BCUT2D eigenvalue weighted by Crippen LogP contribution is -2.58. The van der Waals surface area contributed by atoms with Crippen molar-refractivity contribution in [3.05, 3.63) is 42.0 Å². The van der Waals surface area contributed by atoms with Crippen molar-refractivity contribution in [1.82, 2.24) is 10.9 Å². The average Bonchev–Trinajstić information content (AvgIpc) is 2.87. The zero-order chi connectivity index (χ0) is 27.8. The first-order valence-corrected chi connectivity index (χ1v) is 15.5. The van der Waals surface area contributed by atoms with Crippen LogP contribution in [0.5, 0.6) is 0 Å². The number of hydroxylamine groups is 1. The van der Waals surface area contributed by atoms with Gasteiger partial charge in [0.25, 0.3) is 0 Å². The number of hydrazine groups is 1. The molecule has 2 amide bonds. The summed E-state index contributed by atoms with van der Waals surface area (Å²) in [5, 5.41) is 0. The third-order valence-electron chi connectivity index (χ3n) is 7.72. The largest absolute Gasteiger partial charge is 0.350 e. The lowest BCUT2D eigenvalue weighted by molar-refractivity contribution is -0.203. The fourth-order valence-electron chi connectivity index (χ4n) is 5.50. The molecule has 2 unspecified atom stereocenters. The van der Waals surface area contributed by atoms with Crippen molar-refractivity contribution in [2.75, 3.05) is 12.9 Å². The van der Waals surface area contributed by atoms with Crippen LogP contribution in [0.4, 0.5) is 0 Å². The van der Waals surface area contributed by atoms with Gasteiger partial charge >= 0.3 is 0 Å². The van der Waals surface area contributed by atoms with Crippen LogP contribution in [0.15, 0.2) is 36.4 Å². The number of hydrogen-bond acceptors (Lipinski definition) is 7. The minimum atomic E-state index is -3.93. The van der Waals surface area contributed by atoms with Crippen LogP contribution in [0.2, 0.25) is 0 Å². The molecule has 2 fully saturated rings. The van der Waals surface area contributed by atoms with Crippen LogP contribution in [0.1, 0.15) is 70.8 Å². The highest BCUT2D eigenvalue weighted by Gasteiger charge is 2.55. The van der Waals surface area contributed by atoms with Crippen LogP contribution in [0, 0.1) is 23.7 Å². The fourth-order valence-corrected chi connectivity index (χ4v) is 7.09. The van der Waals surface area contributed by atoms with Crippen molar-refractivity contribution in [2.24, 2.45) is 29.5 Å². The molecule has 1 aromatic rings. The maximum absolute atomic E-state index is 14.0. The summed E-state index contributed by atoms with van der Waals surface area (Å²) < 4.78 is 31.6. The van der Waals surface area contributed by atoms with Crippen LogP contribution < -0.4 is 16.7 Å². The van der Waals surface area contributed by atoms with Crippen LogP contribution in [-0.2, 0) is 29.0 Å². The molecular weight excluding hydrogens is 506 g/mol. The van der Waals surface area contributed by atoms with E-state index in [4.69, 9.17) is 15.4 Å². The summed E-state index contributed by atoms with van der Waals surface area (Å²) in [6.07, 6.45) is 9.52. The summed E-state index contributed by atoms with van der Waals surface area (Å²) in [4.78, 5) is 32.8. The molecule has 0 bridgehead atoms. The minimum absolute atomic E-state index is 0.00531. The Morgan fingerprint density at radius 1 is 1.13 bits per heavy atom. The number of benzene rings is 1. The van der Waals surface area contributed by atoms with E-state index in [1.54, 1.807) is 12.2 Å². The lowest BCUT2D eigenvalue weighted by Gasteiger charge is -2.43. The number of sulfone groups is 1. The van der Waals surface area contributed by atoms with Gasteiger partial charge in [-0.3, -0.25) is 15.0 Å². The Hall–Kier alpha value is -2.27. The van der Waals surface area contributed by atoms with Crippen molar-refractivity contribution in [3.8, 4) is 0 Å². The van der Waals surface area contributed by atoms with E-state index in [1.807, 2.05) is 44.2 Å². The topological polar surface area (TPSA) is 137 Å². The van der Waals surface area contributed by atoms with Gasteiger partial charge in [0.05, 0.1) is 11.8 Å². The Morgan fingerprint density at radius 2 is 1.84 bits per heavy atom. The Balaban J connectivity index is 2.13. The molecule has 1 aliphatic heterocycles. The van der Waals surface area contributed by atoms with E-state index in [0.717, 1.165) is 43.9 Å². The summed E-state index contributed by atoms with van der Waals surface area (Å²) in [5.74, 6) is 2.15. The monoisotopic (exact) mass is 549 g/mol. The highest BCUT2D eigenvalue weighted by molar-refractivity contribution is 7.92. The normalized spacial score (nSPS) is 21.9. The number of carbonyl (C=O) groups is 2. The van der Waals surface area contributed by atoms with Crippen molar-refractivity contribution in [2.45, 2.75) is 76.3 Å². The molecule has 0 radical (unpaired) electrons. The Morgan fingerprint density at radius 3 is 2.37 bits per heavy atom. The van der Waals surface area contributed by atoms with Crippen molar-refractivity contribution < 1.29 is 27.6 Å². The number of rotatable bonds is 13. The first-order valence-electron chi connectivity index (χ1n) is 13.6. The molecule has 1 saturated heterocycles. The van der Waals surface area contributed by atoms with Gasteiger partial charge in [-0.2, -0.15) is 0 Å². The second kappa shape index (κ2) is 13.7. The Labute approximate surface area is 226 Å². The molecule has 1 saturated carbocycles. The molecule has 1 aliphatic carbocycles. The van der Waals surface area contributed by atoms with E-state index in [0.29, 0.717) is 13.0 Å². The molecule has 0 spiro atoms. The highest BCUT2D eigenvalue weighted by atomic mass is 32.2. The van der Waals surface area contributed by atoms with Crippen molar-refractivity contribution >= 4 is 27.7 Å². The van der Waals surface area contributed by atoms with Gasteiger partial charge in [0.1, 0.15) is 4.75 Å². The number of ether oxygens (including phenoxy) is 1. The Bertz CT molecular complexity index is 1050. The SMILES string of the molecule is CC(C)C[C@@H](C(=O)NN)[C@@H](C(=O)NOC1CCCCO1)C(/C=C/c1ccccc1)(CC1CCC1)S(C)(=O)=O. The van der Waals surface area contributed by atoms with Gasteiger partial charge in [0, 0.05) is 19.3 Å². The van der Waals surface area contributed by atoms with Crippen LogP contribution in [0.3, 0.4) is 0 Å². The van der Waals surface area contributed by atoms with Gasteiger partial charge in [-0.05, 0) is 43.1 Å². The molecule has 4 atom stereocenters. The average molecular weight is 550 g/mol. The molecule has 1 aromatic carbocycles. The third kappa shape index (κ3) is 7.65. The van der Waals surface area contributed by atoms with E-state index < -0.39 is 44.5 Å². The molecule has 3 rings (SSSR count). The standard InChI is InChI=1S/C28H43N3O6S/c1-20(2)18-23(26(32)30-29)25(27(33)31-37-24-14-7-8-17-36-24)28(38(3,34)35,19-22-12-9-13-22)16-15-21-10-5-4-6-11-21/h4-6,10-11,15-16,20,22-25H,7-9,12-14,17-19,29H2,1-3H3,(H,30,32)(H,31,33)/b16-15+/t23-,24?,25+,28?/m1/s1. The van der Waals surface area contributed by atoms with Crippen molar-refractivity contribution in [3.63, 3.8) is 0 Å². The zero-order valence-corrected chi connectivity index (χ0v) is 23.5. The van der Waals surface area contributed by atoms with E-state index in [-0.39, 0.29) is 24.7 Å². The lowest BCUT2D eigenvalue weighted by atomic mass is 9.69. The zero-order valence-electron chi connectivity index (χ0n) is 22.7. The van der Waals surface area contributed by atoms with E-state index >= 15 is 0 Å². The number of hydrogen-bond donors (Lipinski definition) is 3. The first kappa shape index (κ1) is 30.3. The molecule has 2 aliphatic rings. The first-order chi connectivity index (χ1) is 18.1. The maximum Gasteiger partial charge on any atom is 0.249 e. The number of amides is 2. The van der Waals surface area contributed by atoms with Gasteiger partial charge in [0.2, 0.25) is 11.8 Å². The minimum Gasteiger partial charge on any atom is -0.350 e. The predicted octanol–water partition coefficient (Wildman–Crippen LogP) is 3.52. The van der Waals surface area contributed by atoms with Gasteiger partial charge in [-0.1, -0.05) is 75.6 Å². The third-order valence-corrected chi connectivity index (χ3v) is 9.66. The van der Waals surface area contributed by atoms with E-state index in [2.05, 4.69) is 10.9 Å². The van der Waals surface area contributed by atoms with Crippen LogP contribution in [-0.4, -0.2) is 44.1 Å². The van der Waals surface area contributed by atoms with Gasteiger partial charge in [-0.15, -0.1) is 0 Å². The van der Waals surface area contributed by atoms with E-state index in [1.165, 1.54) is 0 Å². The summed E-state index contributed by atoms with van der Waals surface area (Å²) in [6, 6.07) is 9.33. The molecule has 0 aromatic heterocycles. The quantitative estimate of drug-likeness (QED) is 0.195. The fraction of sp³-hybridized carbons (Fsp3) is 0.643. The molecule has 10 heteroatoms. The molecule has 4 N–H and O–H groups in total. The maximum atomic E-state index is 14.0. The summed E-state index contributed by atoms with van der Waals surface area (Å²) in [7, 11) is -3.93. The Kier molecular flexibility index (Phi) is 10.9. The van der Waals surface area contributed by atoms with Gasteiger partial charge in [0.15, 0.2) is 16.1 Å². The second-order valence-electron chi connectivity index (χ2n) is 11.1. The molecule has 1 heterocycles. The number of nitrogens with one attached hydrogen (secondary N) is 2. The number of nitrogens with two attached hydrogens (primary N) is 1. The summed E-state index contributed by atoms with van der Waals surface area (Å²) in [6.45, 7) is 4.36. The molecule has 38 heavy (non-hydrogen) atoms. The van der Waals surface area contributed by atoms with Gasteiger partial charge in [-0.25, -0.2) is 24.6 Å². The predicted molar refractivity (Wildman–Crippen MR) is 147 cm³/mol. The smallest absolute Gasteiger partial charge is 0.249 e. The molecular formula is C28H43N3O6S. The van der Waals surface area contributed by atoms with E-state index in [9.17, 15) is 18.0 Å². The van der Waals surface area contributed by atoms with Gasteiger partial charge < -0.3 is 4.74 Å². The molecule has 9 nitrogen and oxygen atoms in total. The summed E-state index contributed by atoms with van der Waals surface area (Å²) >= 11 is 0. The van der Waals surface area contributed by atoms with Crippen molar-refractivity contribution in [1.29, 1.82) is 0 Å². The highest BCUT2D eigenvalue weighted by Crippen LogP contribution is 2.46. The van der Waals surface area contributed by atoms with Crippen LogP contribution in [0.25, 0.3) is 6.08 Å². The van der Waals surface area contributed by atoms with Crippen LogP contribution >= 0.6 is 0 Å². The molecule has 212 valence electrons. The summed E-state index contributed by atoms with van der Waals surface area (Å²) in [5.41, 5.74) is 5.47. The second-order valence-corrected chi connectivity index (χ2v) is 13.4. The number of carbonyl (C=O) groups excluding carboxylic acids is 2.